The van der Waals surface area contributed by atoms with Crippen LogP contribution in [0.5, 0.6) is 0 Å². The summed E-state index contributed by atoms with van der Waals surface area (Å²) < 4.78 is 11.1. The fourth-order valence-corrected chi connectivity index (χ4v) is 5.15. The zero-order valence-corrected chi connectivity index (χ0v) is 15.7. The van der Waals surface area contributed by atoms with E-state index in [-0.39, 0.29) is 41.3 Å². The Labute approximate surface area is 156 Å². The minimum atomic E-state index is -0.948. The number of allylic oxidation sites excluding steroid dienone is 2. The molecule has 4 rings (SSSR count). The first kappa shape index (κ1) is 18.0. The quantitative estimate of drug-likeness (QED) is 0.484. The van der Waals surface area contributed by atoms with E-state index in [0.717, 1.165) is 13.0 Å². The Morgan fingerprint density at radius 3 is 2.63 bits per heavy atom. The summed E-state index contributed by atoms with van der Waals surface area (Å²) in [5.41, 5.74) is 10.9. The second-order valence-electron chi connectivity index (χ2n) is 7.46. The topological polar surface area (TPSA) is 128 Å². The van der Waals surface area contributed by atoms with E-state index < -0.39 is 23.5 Å². The highest BCUT2D eigenvalue weighted by atomic mass is 16.6. The standard InChI is InChI=1S/C18H24N4O5/c1-4-5-21-10-6-22-13-11(15(24)12(19)8(2)14(13)23)9(7-27-17(20)25)18(22,26-3)16(10)21/h9-10,16H,4-7,19H2,1-3H3,(H2,20,25)/t9-,10?,16?,18-,21?/m1/s1. The number of piperazine rings is 1. The van der Waals surface area contributed by atoms with Crippen molar-refractivity contribution in [3.05, 3.63) is 22.5 Å². The molecule has 4 N–H and O–H groups in total. The Hall–Kier alpha value is -2.39. The van der Waals surface area contributed by atoms with Crippen LogP contribution < -0.4 is 11.5 Å². The molecular formula is C18H24N4O5. The molecule has 9 heteroatoms. The van der Waals surface area contributed by atoms with Gasteiger partial charge >= 0.3 is 6.09 Å². The van der Waals surface area contributed by atoms with Crippen LogP contribution >= 0.6 is 0 Å². The molecule has 2 saturated heterocycles. The molecule has 4 aliphatic rings. The van der Waals surface area contributed by atoms with Gasteiger partial charge in [0.15, 0.2) is 5.72 Å². The average molecular weight is 376 g/mol. The van der Waals surface area contributed by atoms with Crippen molar-refractivity contribution in [3.8, 4) is 0 Å². The van der Waals surface area contributed by atoms with Crippen LogP contribution in [0.2, 0.25) is 0 Å². The number of Topliss-reactive ketones (excluding diaryl/α,β-unsaturated/α-hetero) is 2. The van der Waals surface area contributed by atoms with Crippen LogP contribution in [0.4, 0.5) is 4.79 Å². The molecule has 5 atom stereocenters. The molecule has 0 radical (unpaired) electrons. The Bertz CT molecular complexity index is 819. The maximum Gasteiger partial charge on any atom is 0.404 e. The number of hydrogen-bond acceptors (Lipinski definition) is 8. The molecule has 146 valence electrons. The lowest BCUT2D eigenvalue weighted by atomic mass is 9.82. The lowest BCUT2D eigenvalue weighted by molar-refractivity contribution is -0.145. The predicted octanol–water partition coefficient (Wildman–Crippen LogP) is -0.529. The third kappa shape index (κ3) is 2.09. The van der Waals surface area contributed by atoms with Crippen LogP contribution in [0.25, 0.3) is 0 Å². The van der Waals surface area contributed by atoms with E-state index in [9.17, 15) is 14.4 Å². The van der Waals surface area contributed by atoms with Crippen molar-refractivity contribution >= 4 is 17.7 Å². The van der Waals surface area contributed by atoms with E-state index in [1.807, 2.05) is 4.90 Å². The highest BCUT2D eigenvalue weighted by molar-refractivity contribution is 6.25. The molecule has 0 aromatic heterocycles. The van der Waals surface area contributed by atoms with Gasteiger partial charge in [0.25, 0.3) is 0 Å². The Morgan fingerprint density at radius 2 is 2.04 bits per heavy atom. The lowest BCUT2D eigenvalue weighted by Crippen LogP contribution is -2.55. The molecule has 0 saturated carbocycles. The molecule has 1 amide bonds. The van der Waals surface area contributed by atoms with Gasteiger partial charge < -0.3 is 25.8 Å². The number of ketones is 2. The van der Waals surface area contributed by atoms with Crippen molar-refractivity contribution in [3.63, 3.8) is 0 Å². The van der Waals surface area contributed by atoms with Gasteiger partial charge in [0.2, 0.25) is 11.6 Å². The van der Waals surface area contributed by atoms with Crippen molar-refractivity contribution in [2.75, 3.05) is 26.8 Å². The summed E-state index contributed by atoms with van der Waals surface area (Å²) in [7, 11) is 1.56. The molecule has 0 spiro atoms. The molecular weight excluding hydrogens is 352 g/mol. The van der Waals surface area contributed by atoms with Crippen LogP contribution in [0.3, 0.4) is 0 Å². The van der Waals surface area contributed by atoms with Gasteiger partial charge in [-0.2, -0.15) is 0 Å². The molecule has 0 aromatic rings. The lowest BCUT2D eigenvalue weighted by Gasteiger charge is -2.41. The first-order valence-corrected chi connectivity index (χ1v) is 9.11. The predicted molar refractivity (Wildman–Crippen MR) is 94.0 cm³/mol. The second-order valence-corrected chi connectivity index (χ2v) is 7.46. The summed E-state index contributed by atoms with van der Waals surface area (Å²) in [6, 6.07) is 0.248. The number of methoxy groups -OCH3 is 1. The van der Waals surface area contributed by atoms with E-state index in [1.54, 1.807) is 14.0 Å². The Balaban J connectivity index is 1.81. The summed E-state index contributed by atoms with van der Waals surface area (Å²) in [6.45, 7) is 4.98. The van der Waals surface area contributed by atoms with E-state index in [2.05, 4.69) is 11.8 Å². The Kier molecular flexibility index (Phi) is 3.87. The van der Waals surface area contributed by atoms with Crippen molar-refractivity contribution in [1.29, 1.82) is 0 Å². The number of fused-ring (bicyclic) bond motifs is 4. The molecule has 2 fully saturated rings. The van der Waals surface area contributed by atoms with Crippen LogP contribution in [-0.2, 0) is 19.1 Å². The highest BCUT2D eigenvalue weighted by Gasteiger charge is 2.75. The molecule has 27 heavy (non-hydrogen) atoms. The molecule has 0 bridgehead atoms. The molecule has 0 aromatic carbocycles. The van der Waals surface area contributed by atoms with E-state index >= 15 is 0 Å². The minimum absolute atomic E-state index is 0.0108. The summed E-state index contributed by atoms with van der Waals surface area (Å²) in [5.74, 6) is -1.30. The monoisotopic (exact) mass is 376 g/mol. The number of carbonyl (C=O) groups excluding carboxylic acids is 3. The van der Waals surface area contributed by atoms with Crippen molar-refractivity contribution in [1.82, 2.24) is 9.80 Å². The molecule has 9 nitrogen and oxygen atoms in total. The fraction of sp³-hybridized carbons (Fsp3) is 0.611. The molecule has 1 aliphatic carbocycles. The van der Waals surface area contributed by atoms with Gasteiger partial charge in [0.05, 0.1) is 23.4 Å². The first-order chi connectivity index (χ1) is 12.8. The summed E-state index contributed by atoms with van der Waals surface area (Å²) in [5, 5.41) is 0. The number of hydrogen-bond donors (Lipinski definition) is 2. The molecule has 3 unspecified atom stereocenters. The van der Waals surface area contributed by atoms with E-state index in [4.69, 9.17) is 20.9 Å². The van der Waals surface area contributed by atoms with E-state index in [1.165, 1.54) is 0 Å². The number of rotatable bonds is 5. The van der Waals surface area contributed by atoms with Crippen LogP contribution in [0.15, 0.2) is 22.5 Å². The Morgan fingerprint density at radius 1 is 1.33 bits per heavy atom. The first-order valence-electron chi connectivity index (χ1n) is 9.11. The molecule has 3 aliphatic heterocycles. The number of nitrogens with zero attached hydrogens (tertiary/aromatic N) is 2. The highest BCUT2D eigenvalue weighted by Crippen LogP contribution is 2.59. The smallest absolute Gasteiger partial charge is 0.404 e. The SMILES string of the molecule is CCCN1C2CN3C4=C(C(=O)C(N)=C(C)C4=O)[C@@H](COC(N)=O)[C@@]3(OC)C21. The van der Waals surface area contributed by atoms with Crippen molar-refractivity contribution < 1.29 is 23.9 Å². The number of amides is 1. The van der Waals surface area contributed by atoms with Gasteiger partial charge in [-0.25, -0.2) is 4.79 Å². The van der Waals surface area contributed by atoms with Gasteiger partial charge in [-0.15, -0.1) is 0 Å². The van der Waals surface area contributed by atoms with Gasteiger partial charge in [-0.3, -0.25) is 14.5 Å². The van der Waals surface area contributed by atoms with Gasteiger partial charge in [0, 0.05) is 30.8 Å². The average Bonchev–Trinajstić information content (AvgIpc) is 3.07. The minimum Gasteiger partial charge on any atom is -0.449 e. The third-order valence-electron chi connectivity index (χ3n) is 6.30. The number of nitrogens with two attached hydrogens (primary N) is 2. The number of ether oxygens (including phenoxy) is 2. The second kappa shape index (κ2) is 5.80. The van der Waals surface area contributed by atoms with Crippen LogP contribution in [-0.4, -0.2) is 72.1 Å². The van der Waals surface area contributed by atoms with Crippen molar-refractivity contribution in [2.24, 2.45) is 17.4 Å². The summed E-state index contributed by atoms with van der Waals surface area (Å²) >= 11 is 0. The fourth-order valence-electron chi connectivity index (χ4n) is 5.15. The van der Waals surface area contributed by atoms with Gasteiger partial charge in [-0.05, 0) is 19.9 Å². The zero-order valence-electron chi connectivity index (χ0n) is 15.7. The maximum atomic E-state index is 13.0. The van der Waals surface area contributed by atoms with Gasteiger partial charge in [0.1, 0.15) is 6.61 Å². The van der Waals surface area contributed by atoms with Crippen molar-refractivity contribution in [2.45, 2.75) is 38.1 Å². The summed E-state index contributed by atoms with van der Waals surface area (Å²) in [6.07, 6.45) is 0.0420. The third-order valence-corrected chi connectivity index (χ3v) is 6.30. The number of primary amides is 1. The number of carbonyl (C=O) groups is 3. The van der Waals surface area contributed by atoms with E-state index in [0.29, 0.717) is 12.2 Å². The van der Waals surface area contributed by atoms with Crippen LogP contribution in [0.1, 0.15) is 20.3 Å². The molecule has 3 heterocycles. The zero-order chi connectivity index (χ0) is 19.7. The normalized spacial score (nSPS) is 36.8. The summed E-state index contributed by atoms with van der Waals surface area (Å²) in [4.78, 5) is 41.4. The van der Waals surface area contributed by atoms with Crippen LogP contribution in [0, 0.1) is 5.92 Å². The maximum absolute atomic E-state index is 13.0. The largest absolute Gasteiger partial charge is 0.449 e. The van der Waals surface area contributed by atoms with Gasteiger partial charge in [-0.1, -0.05) is 6.92 Å².